The van der Waals surface area contributed by atoms with Crippen molar-refractivity contribution in [1.82, 2.24) is 20.0 Å². The van der Waals surface area contributed by atoms with Gasteiger partial charge in [-0.15, -0.1) is 0 Å². The van der Waals surface area contributed by atoms with Crippen LogP contribution in [0, 0.1) is 6.92 Å². The van der Waals surface area contributed by atoms with Crippen molar-refractivity contribution in [1.29, 1.82) is 0 Å². The van der Waals surface area contributed by atoms with E-state index >= 15 is 0 Å². The number of rotatable bonds is 4. The Hall–Kier alpha value is -3.49. The number of nitrogens with zero attached hydrogens (tertiary/aromatic N) is 3. The van der Waals surface area contributed by atoms with Gasteiger partial charge in [0.25, 0.3) is 11.5 Å². The number of hydrogen-bond donors (Lipinski definition) is 2. The Morgan fingerprint density at radius 2 is 1.93 bits per heavy atom. The number of nitrogens with one attached hydrogen (secondary N) is 2. The van der Waals surface area contributed by atoms with Gasteiger partial charge in [0.05, 0.1) is 12.1 Å². The zero-order valence-corrected chi connectivity index (χ0v) is 15.1. The predicted molar refractivity (Wildman–Crippen MR) is 98.0 cm³/mol. The molecule has 0 saturated carbocycles. The van der Waals surface area contributed by atoms with Crippen LogP contribution in [-0.4, -0.2) is 58.0 Å². The summed E-state index contributed by atoms with van der Waals surface area (Å²) >= 11 is 0. The van der Waals surface area contributed by atoms with E-state index < -0.39 is 18.0 Å². The summed E-state index contributed by atoms with van der Waals surface area (Å²) in [6.45, 7) is 1.84. The molecule has 2 N–H and O–H groups in total. The van der Waals surface area contributed by atoms with Crippen molar-refractivity contribution in [2.24, 2.45) is 0 Å². The fourth-order valence-electron chi connectivity index (χ4n) is 2.88. The maximum atomic E-state index is 12.4. The molecule has 2 aromatic rings. The smallest absolute Gasteiger partial charge is 0.326 e. The van der Waals surface area contributed by atoms with Crippen LogP contribution >= 0.6 is 0 Å². The van der Waals surface area contributed by atoms with E-state index in [-0.39, 0.29) is 17.9 Å². The highest BCUT2D eigenvalue weighted by atomic mass is 16.2. The molecule has 3 rings (SSSR count). The lowest BCUT2D eigenvalue weighted by Gasteiger charge is -2.16. The normalized spacial score (nSPS) is 16.8. The molecule has 27 heavy (non-hydrogen) atoms. The van der Waals surface area contributed by atoms with Gasteiger partial charge in [-0.05, 0) is 24.6 Å². The fraction of sp³-hybridized carbons (Fsp3) is 0.278. The van der Waals surface area contributed by atoms with Gasteiger partial charge in [0.15, 0.2) is 0 Å². The largest absolute Gasteiger partial charge is 0.326 e. The van der Waals surface area contributed by atoms with Crippen LogP contribution in [0.25, 0.3) is 11.3 Å². The monoisotopic (exact) mass is 369 g/mol. The van der Waals surface area contributed by atoms with Crippen LogP contribution in [0.4, 0.5) is 10.5 Å². The van der Waals surface area contributed by atoms with Crippen molar-refractivity contribution in [3.05, 3.63) is 46.2 Å². The molecule has 2 heterocycles. The lowest BCUT2D eigenvalue weighted by atomic mass is 10.1. The molecule has 9 heteroatoms. The predicted octanol–water partition coefficient (Wildman–Crippen LogP) is 0.966. The summed E-state index contributed by atoms with van der Waals surface area (Å²) in [6, 6.07) is 7.10. The number of aromatic amines is 1. The molecule has 1 saturated heterocycles. The minimum Gasteiger partial charge on any atom is -0.326 e. The first-order valence-electron chi connectivity index (χ1n) is 8.29. The molecular weight excluding hydrogens is 350 g/mol. The number of carbonyl (C=O) groups is 3. The first kappa shape index (κ1) is 18.3. The molecule has 0 radical (unpaired) electrons. The molecule has 1 unspecified atom stereocenters. The van der Waals surface area contributed by atoms with E-state index in [1.54, 1.807) is 12.1 Å². The Morgan fingerprint density at radius 3 is 2.52 bits per heavy atom. The van der Waals surface area contributed by atoms with Crippen molar-refractivity contribution in [2.75, 3.05) is 19.4 Å². The summed E-state index contributed by atoms with van der Waals surface area (Å²) in [7, 11) is 2.89. The number of imide groups is 1. The van der Waals surface area contributed by atoms with Gasteiger partial charge < -0.3 is 10.2 Å². The molecule has 0 spiro atoms. The molecule has 9 nitrogen and oxygen atoms in total. The summed E-state index contributed by atoms with van der Waals surface area (Å²) < 4.78 is 0. The summed E-state index contributed by atoms with van der Waals surface area (Å²) in [4.78, 5) is 49.8. The maximum Gasteiger partial charge on any atom is 0.326 e. The van der Waals surface area contributed by atoms with Gasteiger partial charge in [-0.2, -0.15) is 5.10 Å². The molecule has 140 valence electrons. The molecule has 0 bridgehead atoms. The molecular formula is C18H19N5O4. The van der Waals surface area contributed by atoms with Crippen LogP contribution in [0.5, 0.6) is 0 Å². The number of amides is 4. The Balaban J connectivity index is 1.77. The van der Waals surface area contributed by atoms with Crippen molar-refractivity contribution >= 4 is 23.5 Å². The lowest BCUT2D eigenvalue weighted by molar-refractivity contribution is -0.129. The summed E-state index contributed by atoms with van der Waals surface area (Å²) in [5.41, 5.74) is 2.37. The summed E-state index contributed by atoms with van der Waals surface area (Å²) in [5.74, 6) is -0.779. The van der Waals surface area contributed by atoms with E-state index in [0.717, 1.165) is 16.0 Å². The third-order valence-corrected chi connectivity index (χ3v) is 4.54. The minimum absolute atomic E-state index is 0.133. The number of anilines is 1. The van der Waals surface area contributed by atoms with E-state index in [4.69, 9.17) is 0 Å². The van der Waals surface area contributed by atoms with Crippen LogP contribution in [0.15, 0.2) is 35.1 Å². The maximum absolute atomic E-state index is 12.4. The van der Waals surface area contributed by atoms with Gasteiger partial charge in [0.1, 0.15) is 6.04 Å². The van der Waals surface area contributed by atoms with E-state index in [1.165, 1.54) is 25.1 Å². The van der Waals surface area contributed by atoms with Gasteiger partial charge in [0.2, 0.25) is 5.91 Å². The number of hydrogen-bond acceptors (Lipinski definition) is 5. The Bertz CT molecular complexity index is 963. The molecule has 1 aliphatic rings. The minimum atomic E-state index is -0.813. The van der Waals surface area contributed by atoms with Crippen molar-refractivity contribution in [2.45, 2.75) is 19.4 Å². The highest BCUT2D eigenvalue weighted by molar-refractivity contribution is 6.06. The average molecular weight is 369 g/mol. The van der Waals surface area contributed by atoms with Gasteiger partial charge >= 0.3 is 6.03 Å². The zero-order chi connectivity index (χ0) is 19.7. The topological polar surface area (TPSA) is 115 Å². The Kier molecular flexibility index (Phi) is 4.76. The van der Waals surface area contributed by atoms with Crippen molar-refractivity contribution in [3.63, 3.8) is 0 Å². The van der Waals surface area contributed by atoms with E-state index in [9.17, 15) is 19.2 Å². The SMILES string of the molecule is Cc1ccc(-c2ccc(=O)[nH]n2)cc1NC(=O)CC1C(=O)N(C)C(=O)N1C. The summed E-state index contributed by atoms with van der Waals surface area (Å²) in [5, 5.41) is 9.12. The van der Waals surface area contributed by atoms with E-state index in [1.807, 2.05) is 19.1 Å². The van der Waals surface area contributed by atoms with E-state index in [2.05, 4.69) is 15.5 Å². The number of likely N-dealkylation sites (N-methyl/N-ethyl adjacent to an activating group) is 2. The number of aromatic nitrogens is 2. The Labute approximate surface area is 155 Å². The number of aryl methyl sites for hydroxylation is 1. The van der Waals surface area contributed by atoms with E-state index in [0.29, 0.717) is 11.4 Å². The number of H-pyrrole nitrogens is 1. The number of urea groups is 1. The lowest BCUT2D eigenvalue weighted by Crippen LogP contribution is -2.35. The van der Waals surface area contributed by atoms with Gasteiger partial charge in [-0.3, -0.25) is 19.3 Å². The van der Waals surface area contributed by atoms with Crippen molar-refractivity contribution in [3.8, 4) is 11.3 Å². The quantitative estimate of drug-likeness (QED) is 0.779. The third-order valence-electron chi connectivity index (χ3n) is 4.54. The second-order valence-electron chi connectivity index (χ2n) is 6.39. The zero-order valence-electron chi connectivity index (χ0n) is 15.1. The van der Waals surface area contributed by atoms with Crippen LogP contribution in [0.2, 0.25) is 0 Å². The van der Waals surface area contributed by atoms with Crippen LogP contribution in [0.3, 0.4) is 0 Å². The van der Waals surface area contributed by atoms with Crippen LogP contribution < -0.4 is 10.9 Å². The molecule has 1 aliphatic heterocycles. The van der Waals surface area contributed by atoms with Crippen LogP contribution in [-0.2, 0) is 9.59 Å². The highest BCUT2D eigenvalue weighted by Crippen LogP contribution is 2.24. The molecule has 0 aliphatic carbocycles. The van der Waals surface area contributed by atoms with Crippen LogP contribution in [0.1, 0.15) is 12.0 Å². The van der Waals surface area contributed by atoms with Gasteiger partial charge in [-0.1, -0.05) is 12.1 Å². The second-order valence-corrected chi connectivity index (χ2v) is 6.39. The second kappa shape index (κ2) is 7.02. The van der Waals surface area contributed by atoms with Gasteiger partial charge in [-0.25, -0.2) is 9.89 Å². The summed E-state index contributed by atoms with van der Waals surface area (Å²) in [6.07, 6.45) is -0.133. The van der Waals surface area contributed by atoms with Crippen molar-refractivity contribution < 1.29 is 14.4 Å². The average Bonchev–Trinajstić information content (AvgIpc) is 2.82. The molecule has 1 aromatic carbocycles. The third kappa shape index (κ3) is 3.57. The number of benzene rings is 1. The Morgan fingerprint density at radius 1 is 1.19 bits per heavy atom. The highest BCUT2D eigenvalue weighted by Gasteiger charge is 2.41. The first-order chi connectivity index (χ1) is 12.8. The molecule has 1 aromatic heterocycles. The standard InChI is InChI=1S/C18H19N5O4/c1-10-4-5-11(12-6-7-15(24)21-20-12)8-13(10)19-16(25)9-14-17(26)23(3)18(27)22(14)2/h4-8,14H,9H2,1-3H3,(H,19,25)(H,21,24). The molecule has 4 amide bonds. The first-order valence-corrected chi connectivity index (χ1v) is 8.29. The fourth-order valence-corrected chi connectivity index (χ4v) is 2.88. The van der Waals surface area contributed by atoms with Gasteiger partial charge in [0, 0.05) is 31.4 Å². The number of carbonyl (C=O) groups excluding carboxylic acids is 3. The molecule has 1 fully saturated rings. The molecule has 1 atom stereocenters.